The normalized spacial score (nSPS) is 12.6. The lowest BCUT2D eigenvalue weighted by molar-refractivity contribution is -0.344. The minimum absolute atomic E-state index is 0.0168. The van der Waals surface area contributed by atoms with Gasteiger partial charge in [0, 0.05) is 6.07 Å². The minimum Gasteiger partial charge on any atom is -0.497 e. The molecule has 1 rings (SSSR count). The molecule has 0 unspecified atom stereocenters. The van der Waals surface area contributed by atoms with E-state index < -0.39 is 55.6 Å². The van der Waals surface area contributed by atoms with Gasteiger partial charge in [0.1, 0.15) is 11.5 Å². The number of benzene rings is 1. The van der Waals surface area contributed by atoms with Crippen LogP contribution in [0.3, 0.4) is 0 Å². The van der Waals surface area contributed by atoms with Gasteiger partial charge < -0.3 is 14.2 Å². The number of halogens is 8. The van der Waals surface area contributed by atoms with Crippen LogP contribution in [0.15, 0.2) is 24.3 Å². The Kier molecular flexibility index (Phi) is 7.81. The predicted molar refractivity (Wildman–Crippen MR) is 79.7 cm³/mol. The summed E-state index contributed by atoms with van der Waals surface area (Å²) in [5, 5.41) is 0. The Balaban J connectivity index is 2.56. The van der Waals surface area contributed by atoms with Gasteiger partial charge >= 0.3 is 36.1 Å². The summed E-state index contributed by atoms with van der Waals surface area (Å²) in [6.45, 7) is -2.59. The van der Waals surface area contributed by atoms with E-state index in [1.165, 1.54) is 31.4 Å². The maximum atomic E-state index is 13.2. The zero-order valence-electron chi connectivity index (χ0n) is 14.6. The minimum atomic E-state index is -6.49. The molecule has 0 aliphatic rings. The summed E-state index contributed by atoms with van der Waals surface area (Å²) in [6, 6.07) is 5.65. The molecule has 0 aliphatic heterocycles. The molecule has 0 N–H and O–H groups in total. The summed E-state index contributed by atoms with van der Waals surface area (Å²) in [7, 11) is 1.34. The van der Waals surface area contributed by atoms with Crippen LogP contribution in [-0.4, -0.2) is 49.8 Å². The van der Waals surface area contributed by atoms with Crippen LogP contribution >= 0.6 is 0 Å². The predicted octanol–water partition coefficient (Wildman–Crippen LogP) is 4.10. The molecule has 0 saturated carbocycles. The standard InChI is InChI=1S/C16H14F8O5/c1-27-9-3-2-4-10(7-9)29-12(26)6-5-11(25)28-8-14(19,20)16(23,24)15(21,22)13(17)18/h2-4,7,13H,5-6,8H2,1H3. The number of carbonyl (C=O) groups excluding carboxylic acids is 2. The highest BCUT2D eigenvalue weighted by Gasteiger charge is 2.75. The SMILES string of the molecule is COc1cccc(OC(=O)CCC(=O)OCC(F)(F)C(F)(F)C(F)(F)C(F)F)c1. The van der Waals surface area contributed by atoms with Crippen molar-refractivity contribution in [3.8, 4) is 11.5 Å². The van der Waals surface area contributed by atoms with Crippen LogP contribution in [0.2, 0.25) is 0 Å². The molecule has 13 heteroatoms. The van der Waals surface area contributed by atoms with Gasteiger partial charge in [0.05, 0.1) is 20.0 Å². The number of alkyl halides is 8. The fourth-order valence-corrected chi connectivity index (χ4v) is 1.77. The zero-order chi connectivity index (χ0) is 22.5. The maximum Gasteiger partial charge on any atom is 0.381 e. The molecule has 0 amide bonds. The van der Waals surface area contributed by atoms with Crippen molar-refractivity contribution in [2.45, 2.75) is 37.0 Å². The molecule has 0 fully saturated rings. The van der Waals surface area contributed by atoms with Gasteiger partial charge in [0.25, 0.3) is 0 Å². The Morgan fingerprint density at radius 2 is 1.52 bits per heavy atom. The maximum absolute atomic E-state index is 13.2. The first-order chi connectivity index (χ1) is 13.2. The largest absolute Gasteiger partial charge is 0.497 e. The van der Waals surface area contributed by atoms with E-state index in [4.69, 9.17) is 9.47 Å². The summed E-state index contributed by atoms with van der Waals surface area (Å²) in [6.07, 6.45) is -6.73. The molecule has 0 aromatic heterocycles. The number of ether oxygens (including phenoxy) is 3. The average Bonchev–Trinajstić information content (AvgIpc) is 2.64. The molecule has 0 aliphatic carbocycles. The van der Waals surface area contributed by atoms with E-state index in [0.29, 0.717) is 5.75 Å². The molecule has 5 nitrogen and oxygen atoms in total. The molecule has 0 heterocycles. The van der Waals surface area contributed by atoms with E-state index >= 15 is 0 Å². The van der Waals surface area contributed by atoms with Crippen LogP contribution in [0.4, 0.5) is 35.1 Å². The molecule has 0 atom stereocenters. The van der Waals surface area contributed by atoms with Gasteiger partial charge in [-0.15, -0.1) is 0 Å². The Bertz CT molecular complexity index is 723. The van der Waals surface area contributed by atoms with E-state index in [0.717, 1.165) is 0 Å². The third kappa shape index (κ3) is 5.94. The second-order valence-corrected chi connectivity index (χ2v) is 5.52. The topological polar surface area (TPSA) is 61.8 Å². The van der Waals surface area contributed by atoms with E-state index in [9.17, 15) is 44.7 Å². The van der Waals surface area contributed by atoms with Gasteiger partial charge in [-0.25, -0.2) is 8.78 Å². The highest BCUT2D eigenvalue weighted by atomic mass is 19.4. The highest BCUT2D eigenvalue weighted by molar-refractivity contribution is 5.79. The third-order valence-electron chi connectivity index (χ3n) is 3.37. The molecule has 0 radical (unpaired) electrons. The smallest absolute Gasteiger partial charge is 0.381 e. The highest BCUT2D eigenvalue weighted by Crippen LogP contribution is 2.48. The lowest BCUT2D eigenvalue weighted by Crippen LogP contribution is -2.59. The Morgan fingerprint density at radius 3 is 2.07 bits per heavy atom. The zero-order valence-corrected chi connectivity index (χ0v) is 14.6. The monoisotopic (exact) mass is 438 g/mol. The molecule has 0 saturated heterocycles. The van der Waals surface area contributed by atoms with Crippen molar-refractivity contribution in [2.75, 3.05) is 13.7 Å². The van der Waals surface area contributed by atoms with Crippen molar-refractivity contribution >= 4 is 11.9 Å². The summed E-state index contributed by atoms with van der Waals surface area (Å²) in [4.78, 5) is 22.9. The number of hydrogen-bond donors (Lipinski definition) is 0. The fourth-order valence-electron chi connectivity index (χ4n) is 1.77. The average molecular weight is 438 g/mol. The quantitative estimate of drug-likeness (QED) is 0.313. The number of esters is 2. The van der Waals surface area contributed by atoms with Crippen molar-refractivity contribution in [1.29, 1.82) is 0 Å². The first-order valence-corrected chi connectivity index (χ1v) is 7.66. The summed E-state index contributed by atoms with van der Waals surface area (Å²) >= 11 is 0. The first kappa shape index (κ1) is 24.4. The molecule has 1 aromatic rings. The van der Waals surface area contributed by atoms with E-state index in [2.05, 4.69) is 4.74 Å². The van der Waals surface area contributed by atoms with Gasteiger partial charge in [0.2, 0.25) is 0 Å². The molecule has 29 heavy (non-hydrogen) atoms. The molecule has 0 spiro atoms. The molecular formula is C16H14F8O5. The number of carbonyl (C=O) groups is 2. The molecular weight excluding hydrogens is 424 g/mol. The van der Waals surface area contributed by atoms with Crippen LogP contribution in [0.5, 0.6) is 11.5 Å². The molecule has 1 aromatic carbocycles. The lowest BCUT2D eigenvalue weighted by Gasteiger charge is -2.31. The Morgan fingerprint density at radius 1 is 0.966 bits per heavy atom. The van der Waals surface area contributed by atoms with E-state index in [1.54, 1.807) is 0 Å². The van der Waals surface area contributed by atoms with Crippen molar-refractivity contribution in [1.82, 2.24) is 0 Å². The number of methoxy groups -OCH3 is 1. The van der Waals surface area contributed by atoms with Crippen LogP contribution in [0.1, 0.15) is 12.8 Å². The van der Waals surface area contributed by atoms with Gasteiger partial charge in [-0.1, -0.05) is 6.07 Å². The summed E-state index contributed by atoms with van der Waals surface area (Å²) in [5.74, 6) is -21.0. The van der Waals surface area contributed by atoms with Crippen molar-refractivity contribution in [3.05, 3.63) is 24.3 Å². The van der Waals surface area contributed by atoms with E-state index in [1.807, 2.05) is 0 Å². The number of hydrogen-bond acceptors (Lipinski definition) is 5. The second-order valence-electron chi connectivity index (χ2n) is 5.52. The van der Waals surface area contributed by atoms with Crippen LogP contribution in [0.25, 0.3) is 0 Å². The van der Waals surface area contributed by atoms with Crippen LogP contribution in [-0.2, 0) is 14.3 Å². The summed E-state index contributed by atoms with van der Waals surface area (Å²) in [5.41, 5.74) is 0. The Hall–Kier alpha value is -2.60. The van der Waals surface area contributed by atoms with Crippen molar-refractivity contribution in [3.63, 3.8) is 0 Å². The fraction of sp³-hybridized carbons (Fsp3) is 0.500. The van der Waals surface area contributed by atoms with Gasteiger partial charge in [-0.3, -0.25) is 9.59 Å². The van der Waals surface area contributed by atoms with Gasteiger partial charge in [-0.2, -0.15) is 26.3 Å². The second kappa shape index (κ2) is 9.27. The van der Waals surface area contributed by atoms with Gasteiger partial charge in [-0.05, 0) is 12.1 Å². The number of rotatable bonds is 10. The van der Waals surface area contributed by atoms with Crippen molar-refractivity contribution < 1.29 is 58.9 Å². The van der Waals surface area contributed by atoms with Crippen LogP contribution < -0.4 is 9.47 Å². The lowest BCUT2D eigenvalue weighted by atomic mass is 10.1. The van der Waals surface area contributed by atoms with Gasteiger partial charge in [0.15, 0.2) is 6.61 Å². The summed E-state index contributed by atoms with van der Waals surface area (Å²) < 4.78 is 115. The molecule has 164 valence electrons. The van der Waals surface area contributed by atoms with Crippen LogP contribution in [0, 0.1) is 0 Å². The third-order valence-corrected chi connectivity index (χ3v) is 3.37. The molecule has 0 bridgehead atoms. The first-order valence-electron chi connectivity index (χ1n) is 7.66. The van der Waals surface area contributed by atoms with E-state index in [-0.39, 0.29) is 5.75 Å². The Labute approximate surface area is 158 Å². The van der Waals surface area contributed by atoms with Crippen molar-refractivity contribution in [2.24, 2.45) is 0 Å².